The minimum Gasteiger partial charge on any atom is -0.496 e. The Morgan fingerprint density at radius 3 is 2.65 bits per heavy atom. The van der Waals surface area contributed by atoms with Gasteiger partial charge in [-0.15, -0.1) is 10.2 Å². The molecule has 8 nitrogen and oxygen atoms in total. The highest BCUT2D eigenvalue weighted by atomic mass is 32.2. The van der Waals surface area contributed by atoms with Crippen LogP contribution in [0.25, 0.3) is 5.69 Å². The average molecular weight is 372 g/mol. The van der Waals surface area contributed by atoms with Gasteiger partial charge in [-0.1, -0.05) is 23.9 Å². The highest BCUT2D eigenvalue weighted by Gasteiger charge is 2.15. The smallest absolute Gasteiger partial charge is 0.270 e. The van der Waals surface area contributed by atoms with E-state index >= 15 is 0 Å². The molecule has 1 heterocycles. The molecular weight excluding hydrogens is 356 g/mol. The number of nitrogens with zero attached hydrogens (tertiary/aromatic N) is 4. The molecule has 0 aliphatic heterocycles. The van der Waals surface area contributed by atoms with Crippen molar-refractivity contribution in [2.24, 2.45) is 0 Å². The number of benzene rings is 2. The second-order valence-electron chi connectivity index (χ2n) is 5.20. The van der Waals surface area contributed by atoms with E-state index in [1.165, 1.54) is 31.0 Å². The zero-order chi connectivity index (χ0) is 18.5. The Labute approximate surface area is 153 Å². The molecule has 0 saturated heterocycles. The number of ether oxygens (including phenoxy) is 2. The molecule has 0 saturated carbocycles. The minimum absolute atomic E-state index is 0.0209. The summed E-state index contributed by atoms with van der Waals surface area (Å²) in [5.74, 6) is 1.73. The summed E-state index contributed by atoms with van der Waals surface area (Å²) in [5, 5.41) is 19.8. The molecule has 0 radical (unpaired) electrons. The summed E-state index contributed by atoms with van der Waals surface area (Å²) < 4.78 is 12.5. The van der Waals surface area contributed by atoms with E-state index in [9.17, 15) is 10.1 Å². The molecular formula is C17H16N4O4S. The van der Waals surface area contributed by atoms with Gasteiger partial charge in [0.15, 0.2) is 5.16 Å². The minimum atomic E-state index is -0.426. The van der Waals surface area contributed by atoms with Crippen molar-refractivity contribution in [1.29, 1.82) is 0 Å². The van der Waals surface area contributed by atoms with Crippen molar-refractivity contribution in [1.82, 2.24) is 14.8 Å². The molecule has 134 valence electrons. The van der Waals surface area contributed by atoms with Crippen LogP contribution in [0.15, 0.2) is 53.9 Å². The average Bonchev–Trinajstić information content (AvgIpc) is 3.14. The topological polar surface area (TPSA) is 92.3 Å². The zero-order valence-corrected chi connectivity index (χ0v) is 15.0. The first-order valence-electron chi connectivity index (χ1n) is 7.61. The predicted molar refractivity (Wildman–Crippen MR) is 97.1 cm³/mol. The van der Waals surface area contributed by atoms with Crippen molar-refractivity contribution in [2.75, 3.05) is 14.2 Å². The quantitative estimate of drug-likeness (QED) is 0.356. The molecule has 0 N–H and O–H groups in total. The molecule has 0 fully saturated rings. The Kier molecular flexibility index (Phi) is 5.37. The molecule has 0 atom stereocenters. The van der Waals surface area contributed by atoms with Crippen LogP contribution >= 0.6 is 11.8 Å². The number of hydrogen-bond acceptors (Lipinski definition) is 7. The number of nitro benzene ring substituents is 1. The maximum atomic E-state index is 11.0. The third-order valence-electron chi connectivity index (χ3n) is 3.69. The Hall–Kier alpha value is -3.07. The van der Waals surface area contributed by atoms with Gasteiger partial charge in [0.05, 0.1) is 24.8 Å². The van der Waals surface area contributed by atoms with Crippen LogP contribution < -0.4 is 9.47 Å². The van der Waals surface area contributed by atoms with Crippen LogP contribution in [0, 0.1) is 10.1 Å². The number of para-hydroxylation sites is 2. The number of methoxy groups -OCH3 is 2. The monoisotopic (exact) mass is 372 g/mol. The van der Waals surface area contributed by atoms with E-state index in [0.29, 0.717) is 28.0 Å². The fraction of sp³-hybridized carbons (Fsp3) is 0.176. The molecule has 0 bridgehead atoms. The summed E-state index contributed by atoms with van der Waals surface area (Å²) in [7, 11) is 3.14. The highest BCUT2D eigenvalue weighted by molar-refractivity contribution is 7.98. The van der Waals surface area contributed by atoms with Crippen molar-refractivity contribution < 1.29 is 14.4 Å². The molecule has 3 aromatic rings. The summed E-state index contributed by atoms with van der Waals surface area (Å²) in [6.45, 7) is 0. The fourth-order valence-electron chi connectivity index (χ4n) is 2.45. The van der Waals surface area contributed by atoms with Gasteiger partial charge in [0.2, 0.25) is 0 Å². The standard InChI is InChI=1S/C17H16N4O4S/c1-24-15-8-7-13(21(22)23)9-12(15)10-26-17-19-18-11-20(17)14-5-3-4-6-16(14)25-2/h3-9,11H,10H2,1-2H3. The number of non-ortho nitro benzene ring substituents is 1. The van der Waals surface area contributed by atoms with Gasteiger partial charge in [0.1, 0.15) is 17.8 Å². The second-order valence-corrected chi connectivity index (χ2v) is 6.14. The number of rotatable bonds is 7. The molecule has 2 aromatic carbocycles. The van der Waals surface area contributed by atoms with E-state index < -0.39 is 4.92 Å². The van der Waals surface area contributed by atoms with E-state index in [0.717, 1.165) is 5.69 Å². The van der Waals surface area contributed by atoms with Crippen LogP contribution in [0.5, 0.6) is 11.5 Å². The first-order valence-corrected chi connectivity index (χ1v) is 8.60. The number of thioether (sulfide) groups is 1. The highest BCUT2D eigenvalue weighted by Crippen LogP contribution is 2.32. The maximum absolute atomic E-state index is 11.0. The van der Waals surface area contributed by atoms with E-state index in [4.69, 9.17) is 9.47 Å². The lowest BCUT2D eigenvalue weighted by atomic mass is 10.2. The number of hydrogen-bond donors (Lipinski definition) is 0. The molecule has 0 aliphatic rings. The van der Waals surface area contributed by atoms with Crippen LogP contribution in [-0.4, -0.2) is 33.9 Å². The molecule has 0 aliphatic carbocycles. The predicted octanol–water partition coefficient (Wildman–Crippen LogP) is 3.49. The van der Waals surface area contributed by atoms with Crippen molar-refractivity contribution in [3.05, 3.63) is 64.5 Å². The van der Waals surface area contributed by atoms with Crippen LogP contribution in [0.2, 0.25) is 0 Å². The molecule has 9 heteroatoms. The SMILES string of the molecule is COc1ccc([N+](=O)[O-])cc1CSc1nncn1-c1ccccc1OC. The molecule has 0 unspecified atom stereocenters. The normalized spacial score (nSPS) is 10.5. The van der Waals surface area contributed by atoms with Crippen LogP contribution in [0.3, 0.4) is 0 Å². The zero-order valence-electron chi connectivity index (χ0n) is 14.2. The Morgan fingerprint density at radius 1 is 1.15 bits per heavy atom. The third-order valence-corrected chi connectivity index (χ3v) is 4.68. The second kappa shape index (κ2) is 7.87. The van der Waals surface area contributed by atoms with Gasteiger partial charge in [0, 0.05) is 23.4 Å². The van der Waals surface area contributed by atoms with Crippen molar-refractivity contribution >= 4 is 17.4 Å². The van der Waals surface area contributed by atoms with Gasteiger partial charge in [-0.25, -0.2) is 0 Å². The summed E-state index contributed by atoms with van der Waals surface area (Å²) in [5.41, 5.74) is 1.54. The van der Waals surface area contributed by atoms with Gasteiger partial charge >= 0.3 is 0 Å². The van der Waals surface area contributed by atoms with Gasteiger partial charge in [-0.05, 0) is 18.2 Å². The fourth-order valence-corrected chi connectivity index (χ4v) is 3.35. The van der Waals surface area contributed by atoms with Gasteiger partial charge < -0.3 is 9.47 Å². The molecule has 1 aromatic heterocycles. The van der Waals surface area contributed by atoms with Crippen molar-refractivity contribution in [3.63, 3.8) is 0 Å². The van der Waals surface area contributed by atoms with E-state index in [-0.39, 0.29) is 5.69 Å². The Morgan fingerprint density at radius 2 is 1.92 bits per heavy atom. The van der Waals surface area contributed by atoms with Crippen molar-refractivity contribution in [2.45, 2.75) is 10.9 Å². The largest absolute Gasteiger partial charge is 0.496 e. The number of nitro groups is 1. The first-order chi connectivity index (χ1) is 12.6. The number of aromatic nitrogens is 3. The first kappa shape index (κ1) is 17.7. The van der Waals surface area contributed by atoms with Gasteiger partial charge in [-0.2, -0.15) is 0 Å². The Balaban J connectivity index is 1.87. The lowest BCUT2D eigenvalue weighted by Gasteiger charge is -2.11. The summed E-state index contributed by atoms with van der Waals surface area (Å²) in [6.07, 6.45) is 1.60. The summed E-state index contributed by atoms with van der Waals surface area (Å²) in [4.78, 5) is 10.6. The van der Waals surface area contributed by atoms with Crippen LogP contribution in [-0.2, 0) is 5.75 Å². The molecule has 0 amide bonds. The van der Waals surface area contributed by atoms with Crippen LogP contribution in [0.4, 0.5) is 5.69 Å². The van der Waals surface area contributed by atoms with Crippen molar-refractivity contribution in [3.8, 4) is 17.2 Å². The summed E-state index contributed by atoms with van der Waals surface area (Å²) in [6, 6.07) is 12.1. The lowest BCUT2D eigenvalue weighted by molar-refractivity contribution is -0.384. The molecule has 26 heavy (non-hydrogen) atoms. The van der Waals surface area contributed by atoms with Gasteiger partial charge in [-0.3, -0.25) is 14.7 Å². The third kappa shape index (κ3) is 3.62. The van der Waals surface area contributed by atoms with Crippen LogP contribution in [0.1, 0.15) is 5.56 Å². The lowest BCUT2D eigenvalue weighted by Crippen LogP contribution is -1.99. The van der Waals surface area contributed by atoms with E-state index in [1.807, 2.05) is 28.8 Å². The maximum Gasteiger partial charge on any atom is 0.270 e. The van der Waals surface area contributed by atoms with E-state index in [2.05, 4.69) is 10.2 Å². The summed E-state index contributed by atoms with van der Waals surface area (Å²) >= 11 is 1.40. The van der Waals surface area contributed by atoms with Gasteiger partial charge in [0.25, 0.3) is 5.69 Å². The Bertz CT molecular complexity index is 929. The molecule has 3 rings (SSSR count). The molecule has 0 spiro atoms. The van der Waals surface area contributed by atoms with E-state index in [1.54, 1.807) is 19.5 Å².